The van der Waals surface area contributed by atoms with Crippen molar-refractivity contribution in [2.24, 2.45) is 0 Å². The first-order valence-electron chi connectivity index (χ1n) is 11.5. The van der Waals surface area contributed by atoms with Crippen LogP contribution in [0.4, 0.5) is 16.3 Å². The second kappa shape index (κ2) is 10.5. The number of benzene rings is 1. The van der Waals surface area contributed by atoms with Gasteiger partial charge in [-0.25, -0.2) is 14.5 Å². The molecule has 0 saturated carbocycles. The first-order valence-corrected chi connectivity index (χ1v) is 11.5. The van der Waals surface area contributed by atoms with E-state index in [4.69, 9.17) is 4.74 Å². The minimum atomic E-state index is -0.227. The number of morpholine rings is 1. The van der Waals surface area contributed by atoms with Crippen molar-refractivity contribution in [1.29, 1.82) is 0 Å². The van der Waals surface area contributed by atoms with Crippen molar-refractivity contribution in [2.45, 2.75) is 45.8 Å². The Morgan fingerprint density at radius 1 is 1.12 bits per heavy atom. The molecule has 174 valence electrons. The molecule has 8 nitrogen and oxygen atoms in total. The van der Waals surface area contributed by atoms with Crippen molar-refractivity contribution in [2.75, 3.05) is 29.9 Å². The summed E-state index contributed by atoms with van der Waals surface area (Å²) in [5.74, 6) is 0.898. The van der Waals surface area contributed by atoms with Gasteiger partial charge in [-0.05, 0) is 63.4 Å². The molecule has 2 amide bonds. The molecule has 4 rings (SSSR count). The topological polar surface area (TPSA) is 84.3 Å². The molecule has 2 atom stereocenters. The summed E-state index contributed by atoms with van der Waals surface area (Å²) in [6.45, 7) is 8.36. The molecular weight excluding hydrogens is 416 g/mol. The molecule has 2 N–H and O–H groups in total. The van der Waals surface area contributed by atoms with Crippen LogP contribution in [0.3, 0.4) is 0 Å². The van der Waals surface area contributed by atoms with E-state index in [0.717, 1.165) is 43.1 Å². The van der Waals surface area contributed by atoms with Crippen molar-refractivity contribution in [3.8, 4) is 5.69 Å². The number of anilines is 2. The Morgan fingerprint density at radius 3 is 2.58 bits per heavy atom. The average molecular weight is 449 g/mol. The minimum Gasteiger partial charge on any atom is -0.372 e. The summed E-state index contributed by atoms with van der Waals surface area (Å²) in [6.07, 6.45) is 5.80. The lowest BCUT2D eigenvalue weighted by molar-refractivity contribution is -0.00545. The third-order valence-electron chi connectivity index (χ3n) is 5.68. The molecule has 1 saturated heterocycles. The van der Waals surface area contributed by atoms with Gasteiger partial charge in [-0.1, -0.05) is 18.2 Å². The van der Waals surface area contributed by atoms with E-state index in [1.165, 1.54) is 5.56 Å². The van der Waals surface area contributed by atoms with E-state index in [2.05, 4.69) is 45.7 Å². The second-order valence-electron chi connectivity index (χ2n) is 8.57. The van der Waals surface area contributed by atoms with Gasteiger partial charge in [0.05, 0.1) is 35.5 Å². The van der Waals surface area contributed by atoms with E-state index in [-0.39, 0.29) is 18.2 Å². The van der Waals surface area contributed by atoms with Crippen molar-refractivity contribution < 1.29 is 9.53 Å². The number of para-hydroxylation sites is 1. The zero-order valence-electron chi connectivity index (χ0n) is 19.5. The monoisotopic (exact) mass is 448 g/mol. The number of ether oxygens (including phenoxy) is 1. The Labute approximate surface area is 195 Å². The molecule has 2 aromatic heterocycles. The van der Waals surface area contributed by atoms with Crippen LogP contribution in [-0.2, 0) is 11.2 Å². The smallest absolute Gasteiger partial charge is 0.319 e. The average Bonchev–Trinajstić information content (AvgIpc) is 3.17. The van der Waals surface area contributed by atoms with Crippen molar-refractivity contribution in [1.82, 2.24) is 20.1 Å². The Hall–Kier alpha value is -3.39. The fraction of sp³-hybridized carbons (Fsp3) is 0.400. The minimum absolute atomic E-state index is 0.176. The molecular formula is C25H32N6O2. The Balaban J connectivity index is 1.21. The molecule has 3 heterocycles. The lowest BCUT2D eigenvalue weighted by Gasteiger charge is -2.36. The van der Waals surface area contributed by atoms with Crippen LogP contribution >= 0.6 is 0 Å². The van der Waals surface area contributed by atoms with Crippen LogP contribution in [0.1, 0.15) is 31.5 Å². The van der Waals surface area contributed by atoms with Gasteiger partial charge < -0.3 is 20.3 Å². The number of carbonyl (C=O) groups is 1. The summed E-state index contributed by atoms with van der Waals surface area (Å²) in [4.78, 5) is 19.0. The Kier molecular flexibility index (Phi) is 7.24. The number of carbonyl (C=O) groups excluding carboxylic acids is 1. The van der Waals surface area contributed by atoms with Crippen LogP contribution in [0, 0.1) is 6.92 Å². The lowest BCUT2D eigenvalue weighted by Crippen LogP contribution is -2.45. The molecule has 0 spiro atoms. The number of aryl methyl sites for hydroxylation is 2. The van der Waals surface area contributed by atoms with Gasteiger partial charge in [0.25, 0.3) is 0 Å². The first-order chi connectivity index (χ1) is 16.0. The quantitative estimate of drug-likeness (QED) is 0.535. The van der Waals surface area contributed by atoms with Crippen LogP contribution in [0.15, 0.2) is 54.9 Å². The largest absolute Gasteiger partial charge is 0.372 e. The van der Waals surface area contributed by atoms with Gasteiger partial charge in [0.2, 0.25) is 0 Å². The number of amides is 2. The number of nitrogens with one attached hydrogen (secondary N) is 2. The van der Waals surface area contributed by atoms with Gasteiger partial charge in [-0.3, -0.25) is 0 Å². The highest BCUT2D eigenvalue weighted by Gasteiger charge is 2.23. The van der Waals surface area contributed by atoms with Gasteiger partial charge >= 0.3 is 6.03 Å². The number of hydrogen-bond donors (Lipinski definition) is 2. The number of pyridine rings is 1. The van der Waals surface area contributed by atoms with Crippen LogP contribution < -0.4 is 15.5 Å². The van der Waals surface area contributed by atoms with Gasteiger partial charge in [0.15, 0.2) is 0 Å². The van der Waals surface area contributed by atoms with Crippen molar-refractivity contribution in [3.63, 3.8) is 0 Å². The molecule has 0 bridgehead atoms. The van der Waals surface area contributed by atoms with Crippen molar-refractivity contribution in [3.05, 3.63) is 66.1 Å². The highest BCUT2D eigenvalue weighted by Crippen LogP contribution is 2.19. The van der Waals surface area contributed by atoms with Gasteiger partial charge in [0.1, 0.15) is 5.82 Å². The standard InChI is InChI=1S/C25H32N6O2/c1-18-15-30(16-19(2)33-18)24-12-11-22(14-27-24)28-25(32)26-13-7-8-21-17-31(29-20(21)3)23-9-5-4-6-10-23/h4-6,9-12,14,17-19H,7-8,13,15-16H2,1-3H3,(H2,26,28,32)/t18-,19+. The van der Waals surface area contributed by atoms with E-state index >= 15 is 0 Å². The molecule has 1 aliphatic heterocycles. The maximum Gasteiger partial charge on any atom is 0.319 e. The van der Waals surface area contributed by atoms with Gasteiger partial charge in [-0.2, -0.15) is 5.10 Å². The Morgan fingerprint density at radius 2 is 1.88 bits per heavy atom. The third-order valence-corrected chi connectivity index (χ3v) is 5.68. The first kappa shape index (κ1) is 22.8. The van der Waals surface area contributed by atoms with Crippen LogP contribution in [0.5, 0.6) is 0 Å². The summed E-state index contributed by atoms with van der Waals surface area (Å²) in [6, 6.07) is 13.7. The molecule has 1 aliphatic rings. The molecule has 1 fully saturated rings. The third kappa shape index (κ3) is 6.10. The zero-order chi connectivity index (χ0) is 23.2. The maximum atomic E-state index is 12.3. The van der Waals surface area contributed by atoms with E-state index in [0.29, 0.717) is 12.2 Å². The summed E-state index contributed by atoms with van der Waals surface area (Å²) in [5, 5.41) is 10.4. The molecule has 8 heteroatoms. The second-order valence-corrected chi connectivity index (χ2v) is 8.57. The van der Waals surface area contributed by atoms with E-state index < -0.39 is 0 Å². The number of hydrogen-bond acceptors (Lipinski definition) is 5. The lowest BCUT2D eigenvalue weighted by atomic mass is 10.1. The van der Waals surface area contributed by atoms with Crippen LogP contribution in [-0.4, -0.2) is 52.6 Å². The van der Waals surface area contributed by atoms with E-state index in [1.54, 1.807) is 6.20 Å². The highest BCUT2D eigenvalue weighted by molar-refractivity contribution is 5.89. The number of rotatable bonds is 7. The Bertz CT molecular complexity index is 1040. The maximum absolute atomic E-state index is 12.3. The van der Waals surface area contributed by atoms with E-state index in [9.17, 15) is 4.79 Å². The zero-order valence-corrected chi connectivity index (χ0v) is 19.5. The number of urea groups is 1. The summed E-state index contributed by atoms with van der Waals surface area (Å²) >= 11 is 0. The predicted molar refractivity (Wildman–Crippen MR) is 130 cm³/mol. The molecule has 3 aromatic rings. The molecule has 1 aromatic carbocycles. The summed E-state index contributed by atoms with van der Waals surface area (Å²) < 4.78 is 7.68. The molecule has 0 unspecified atom stereocenters. The molecule has 33 heavy (non-hydrogen) atoms. The fourth-order valence-corrected chi connectivity index (χ4v) is 4.12. The summed E-state index contributed by atoms with van der Waals surface area (Å²) in [5.41, 5.74) is 3.92. The van der Waals surface area contributed by atoms with Gasteiger partial charge in [0, 0.05) is 25.8 Å². The highest BCUT2D eigenvalue weighted by atomic mass is 16.5. The summed E-state index contributed by atoms with van der Waals surface area (Å²) in [7, 11) is 0. The molecule has 0 radical (unpaired) electrons. The fourth-order valence-electron chi connectivity index (χ4n) is 4.12. The van der Waals surface area contributed by atoms with E-state index in [1.807, 2.05) is 54.1 Å². The van der Waals surface area contributed by atoms with Crippen LogP contribution in [0.25, 0.3) is 5.69 Å². The predicted octanol–water partition coefficient (Wildman–Crippen LogP) is 3.94. The number of nitrogens with zero attached hydrogens (tertiary/aromatic N) is 4. The number of aromatic nitrogens is 3. The van der Waals surface area contributed by atoms with Crippen molar-refractivity contribution >= 4 is 17.5 Å². The normalized spacial score (nSPS) is 18.2. The molecule has 0 aliphatic carbocycles. The SMILES string of the molecule is Cc1nn(-c2ccccc2)cc1CCCNC(=O)Nc1ccc(N2C[C@@H](C)O[C@@H](C)C2)nc1. The van der Waals surface area contributed by atoms with Crippen LogP contribution in [0.2, 0.25) is 0 Å². The van der Waals surface area contributed by atoms with Gasteiger partial charge in [-0.15, -0.1) is 0 Å².